The van der Waals surface area contributed by atoms with Crippen LogP contribution in [0, 0.1) is 5.92 Å². The lowest BCUT2D eigenvalue weighted by Crippen LogP contribution is -2.47. The van der Waals surface area contributed by atoms with Crippen LogP contribution < -0.4 is 5.73 Å². The predicted molar refractivity (Wildman–Crippen MR) is 101 cm³/mol. The molecular formula is C17H21Cl2F3N2O6. The summed E-state index contributed by atoms with van der Waals surface area (Å²) in [5.74, 6) is -3.40. The minimum absolute atomic E-state index is 0.0363. The molecule has 1 amide bonds. The van der Waals surface area contributed by atoms with E-state index in [-0.39, 0.29) is 16.7 Å². The molecule has 0 saturated carbocycles. The molecule has 0 bridgehead atoms. The number of carbonyl (C=O) groups excluding carboxylic acids is 1. The summed E-state index contributed by atoms with van der Waals surface area (Å²) < 4.78 is 31.7. The van der Waals surface area contributed by atoms with E-state index in [0.29, 0.717) is 23.7 Å². The first kappa shape index (κ1) is 26.2. The number of rotatable bonds is 4. The third-order valence-corrected chi connectivity index (χ3v) is 5.13. The average Bonchev–Trinajstić information content (AvgIpc) is 2.68. The number of piperidine rings is 1. The van der Waals surface area contributed by atoms with Gasteiger partial charge in [-0.25, -0.2) is 4.79 Å². The Bertz CT molecular complexity index is 766. The highest BCUT2D eigenvalue weighted by atomic mass is 35.5. The van der Waals surface area contributed by atoms with Gasteiger partial charge in [-0.15, -0.1) is 0 Å². The van der Waals surface area contributed by atoms with Gasteiger partial charge < -0.3 is 31.1 Å². The van der Waals surface area contributed by atoms with Gasteiger partial charge in [-0.05, 0) is 24.8 Å². The number of aliphatic carboxylic acids is 1. The van der Waals surface area contributed by atoms with E-state index in [1.807, 2.05) is 0 Å². The van der Waals surface area contributed by atoms with Crippen molar-refractivity contribution in [2.45, 2.75) is 31.2 Å². The molecule has 1 heterocycles. The normalized spacial score (nSPS) is 18.8. The van der Waals surface area contributed by atoms with E-state index < -0.39 is 36.8 Å². The van der Waals surface area contributed by atoms with E-state index >= 15 is 0 Å². The van der Waals surface area contributed by atoms with Crippen molar-refractivity contribution in [2.75, 3.05) is 19.7 Å². The van der Waals surface area contributed by atoms with E-state index in [1.54, 1.807) is 0 Å². The molecule has 3 atom stereocenters. The van der Waals surface area contributed by atoms with Crippen LogP contribution in [0.25, 0.3) is 0 Å². The highest BCUT2D eigenvalue weighted by molar-refractivity contribution is 6.42. The second-order valence-corrected chi connectivity index (χ2v) is 7.35. The summed E-state index contributed by atoms with van der Waals surface area (Å²) in [5.41, 5.74) is 6.72. The number of carbonyl (C=O) groups is 2. The van der Waals surface area contributed by atoms with E-state index in [9.17, 15) is 28.2 Å². The standard InChI is InChI=1S/C15H20Cl2N2O4.C2HF3O2/c16-10-4-9(12(21)5-11(10)17)14(18)8-2-1-3-19(6-8)15(23)13(22)7-20;3-2(4,5)1(6)7/h4-5,8,13-14,20-22H,1-3,6-7,18H2;(H,6,7)/t8-,13-,14-;/m1./s1. The van der Waals surface area contributed by atoms with Gasteiger partial charge in [0.1, 0.15) is 5.75 Å². The zero-order chi connectivity index (χ0) is 23.2. The highest BCUT2D eigenvalue weighted by Gasteiger charge is 2.38. The van der Waals surface area contributed by atoms with Gasteiger partial charge in [0.05, 0.1) is 16.7 Å². The predicted octanol–water partition coefficient (Wildman–Crippen LogP) is 1.92. The molecule has 170 valence electrons. The van der Waals surface area contributed by atoms with Crippen molar-refractivity contribution < 1.29 is 43.2 Å². The lowest BCUT2D eigenvalue weighted by atomic mass is 9.86. The van der Waals surface area contributed by atoms with Crippen LogP contribution in [0.5, 0.6) is 5.75 Å². The summed E-state index contributed by atoms with van der Waals surface area (Å²) in [7, 11) is 0. The molecular weight excluding hydrogens is 456 g/mol. The Balaban J connectivity index is 0.000000553. The summed E-state index contributed by atoms with van der Waals surface area (Å²) in [6.07, 6.45) is -4.99. The van der Waals surface area contributed by atoms with E-state index in [1.165, 1.54) is 17.0 Å². The molecule has 1 aromatic carbocycles. The Morgan fingerprint density at radius 1 is 1.27 bits per heavy atom. The highest BCUT2D eigenvalue weighted by Crippen LogP contribution is 2.37. The van der Waals surface area contributed by atoms with Crippen LogP contribution in [-0.2, 0) is 9.59 Å². The number of phenolic OH excluding ortho intramolecular Hbond substituents is 1. The summed E-state index contributed by atoms with van der Waals surface area (Å²) in [6.45, 7) is 0.239. The molecule has 1 fully saturated rings. The first-order valence-electron chi connectivity index (χ1n) is 8.60. The summed E-state index contributed by atoms with van der Waals surface area (Å²) >= 11 is 11.8. The SMILES string of the molecule is N[C@@H](c1cc(Cl)c(Cl)cc1O)[C@@H]1CCCN(C(=O)[C@H](O)CO)C1.O=C(O)C(F)(F)F. The maximum absolute atomic E-state index is 12.0. The largest absolute Gasteiger partial charge is 0.508 e. The van der Waals surface area contributed by atoms with Crippen molar-refractivity contribution in [3.8, 4) is 5.75 Å². The minimum Gasteiger partial charge on any atom is -0.508 e. The van der Waals surface area contributed by atoms with Crippen molar-refractivity contribution in [1.29, 1.82) is 0 Å². The monoisotopic (exact) mass is 476 g/mol. The van der Waals surface area contributed by atoms with Crippen molar-refractivity contribution in [3.63, 3.8) is 0 Å². The number of aliphatic hydroxyl groups is 2. The van der Waals surface area contributed by atoms with Gasteiger partial charge in [0.15, 0.2) is 6.10 Å². The van der Waals surface area contributed by atoms with Gasteiger partial charge in [-0.2, -0.15) is 13.2 Å². The van der Waals surface area contributed by atoms with Crippen LogP contribution >= 0.6 is 23.2 Å². The van der Waals surface area contributed by atoms with Gasteiger partial charge in [0.25, 0.3) is 5.91 Å². The Morgan fingerprint density at radius 3 is 2.30 bits per heavy atom. The van der Waals surface area contributed by atoms with Crippen molar-refractivity contribution in [2.24, 2.45) is 11.7 Å². The maximum atomic E-state index is 12.0. The first-order valence-corrected chi connectivity index (χ1v) is 9.36. The summed E-state index contributed by atoms with van der Waals surface area (Å²) in [6, 6.07) is 2.36. The fourth-order valence-electron chi connectivity index (χ4n) is 2.86. The molecule has 2 rings (SSSR count). The molecule has 6 N–H and O–H groups in total. The fourth-order valence-corrected chi connectivity index (χ4v) is 3.19. The van der Waals surface area contributed by atoms with Crippen LogP contribution in [0.15, 0.2) is 12.1 Å². The zero-order valence-electron chi connectivity index (χ0n) is 15.4. The number of amides is 1. The third kappa shape index (κ3) is 7.17. The molecule has 0 radical (unpaired) electrons. The van der Waals surface area contributed by atoms with Crippen LogP contribution in [0.2, 0.25) is 10.0 Å². The third-order valence-electron chi connectivity index (χ3n) is 4.41. The zero-order valence-corrected chi connectivity index (χ0v) is 17.0. The van der Waals surface area contributed by atoms with Crippen LogP contribution in [0.3, 0.4) is 0 Å². The van der Waals surface area contributed by atoms with E-state index in [2.05, 4.69) is 0 Å². The molecule has 8 nitrogen and oxygen atoms in total. The number of alkyl halides is 3. The molecule has 0 aliphatic carbocycles. The fraction of sp³-hybridized carbons (Fsp3) is 0.529. The molecule has 13 heteroatoms. The number of benzene rings is 1. The molecule has 1 aromatic rings. The number of aliphatic hydroxyl groups excluding tert-OH is 2. The number of nitrogens with zero attached hydrogens (tertiary/aromatic N) is 1. The van der Waals surface area contributed by atoms with Gasteiger partial charge >= 0.3 is 12.1 Å². The Morgan fingerprint density at radius 2 is 1.80 bits per heavy atom. The number of carboxylic acids is 1. The molecule has 0 spiro atoms. The van der Waals surface area contributed by atoms with Gasteiger partial charge in [0.2, 0.25) is 0 Å². The molecule has 1 aliphatic heterocycles. The number of nitrogens with two attached hydrogens (primary N) is 1. The number of carboxylic acid groups (broad SMARTS) is 1. The number of hydrogen-bond acceptors (Lipinski definition) is 6. The van der Waals surface area contributed by atoms with Crippen LogP contribution in [0.4, 0.5) is 13.2 Å². The van der Waals surface area contributed by atoms with Crippen molar-refractivity contribution >= 4 is 35.1 Å². The topological polar surface area (TPSA) is 144 Å². The number of halogens is 5. The Hall–Kier alpha value is -1.79. The smallest absolute Gasteiger partial charge is 0.490 e. The van der Waals surface area contributed by atoms with Crippen LogP contribution in [-0.4, -0.2) is 69.2 Å². The van der Waals surface area contributed by atoms with Crippen LogP contribution in [0.1, 0.15) is 24.4 Å². The van der Waals surface area contributed by atoms with Crippen molar-refractivity contribution in [1.82, 2.24) is 4.90 Å². The van der Waals surface area contributed by atoms with Gasteiger partial charge in [0, 0.05) is 30.8 Å². The van der Waals surface area contributed by atoms with Gasteiger partial charge in [-0.3, -0.25) is 4.79 Å². The molecule has 1 saturated heterocycles. The number of aromatic hydroxyl groups is 1. The quantitative estimate of drug-likeness (QED) is 0.446. The number of phenols is 1. The first-order chi connectivity index (χ1) is 13.8. The molecule has 1 aliphatic rings. The average molecular weight is 477 g/mol. The second-order valence-electron chi connectivity index (χ2n) is 6.54. The second kappa shape index (κ2) is 11.0. The molecule has 0 aromatic heterocycles. The number of likely N-dealkylation sites (tertiary alicyclic amines) is 1. The van der Waals surface area contributed by atoms with E-state index in [0.717, 1.165) is 12.8 Å². The Labute approximate surface area is 179 Å². The number of hydrogen-bond donors (Lipinski definition) is 5. The van der Waals surface area contributed by atoms with Gasteiger partial charge in [-0.1, -0.05) is 23.2 Å². The molecule has 0 unspecified atom stereocenters. The lowest BCUT2D eigenvalue weighted by Gasteiger charge is -2.36. The lowest BCUT2D eigenvalue weighted by molar-refractivity contribution is -0.192. The van der Waals surface area contributed by atoms with E-state index in [4.69, 9.17) is 43.9 Å². The maximum Gasteiger partial charge on any atom is 0.490 e. The summed E-state index contributed by atoms with van der Waals surface area (Å²) in [4.78, 5) is 22.4. The van der Waals surface area contributed by atoms with Crippen molar-refractivity contribution in [3.05, 3.63) is 27.7 Å². The molecule has 30 heavy (non-hydrogen) atoms. The Kier molecular flexibility index (Phi) is 9.63. The summed E-state index contributed by atoms with van der Waals surface area (Å²) in [5, 5.41) is 36.1. The minimum atomic E-state index is -5.08.